The SMILES string of the molecule is CCc1cccc(C)c1N(c1ccc(C)cc1)c1ccc(/C=C/c2ccc(N(c3ccc(/C=C/c4ccc(N(c5ccc(C)cc5)c5c(C)cccc5CC)cc4)cc3)c3ccc(C(C)C)cc3)cc2)cc1. The summed E-state index contributed by atoms with van der Waals surface area (Å²) in [5.74, 6) is 0.459. The predicted molar refractivity (Wildman–Crippen MR) is 313 cm³/mol. The molecule has 0 aromatic heterocycles. The van der Waals surface area contributed by atoms with E-state index in [-0.39, 0.29) is 0 Å². The molecule has 3 heteroatoms. The third-order valence-electron chi connectivity index (χ3n) is 13.8. The molecule has 0 atom stereocenters. The standard InChI is InChI=1S/C69H67N3/c1-9-58-15-11-13-52(7)68(58)71(64-35-17-50(5)18-36-64)66-43-29-56(30-44-66)23-21-54-25-39-61(40-26-54)70(63-47-33-60(34-48-63)49(3)4)62-41-27-55(28-42-62)22-24-57-31-45-67(46-32-57)72(65-37-19-51(6)20-38-65)69-53(8)14-12-16-59(69)10-2/h11-49H,9-10H2,1-8H3/b23-21+,24-22+. The second-order valence-electron chi connectivity index (χ2n) is 19.3. The van der Waals surface area contributed by atoms with Crippen LogP contribution >= 0.6 is 0 Å². The Morgan fingerprint density at radius 2 is 0.583 bits per heavy atom. The van der Waals surface area contributed by atoms with Crippen molar-refractivity contribution in [2.45, 2.75) is 74.1 Å². The lowest BCUT2D eigenvalue weighted by atomic mass is 10.0. The number of benzene rings is 9. The number of rotatable bonds is 16. The average Bonchev–Trinajstić information content (AvgIpc) is 3.41. The first kappa shape index (κ1) is 48.9. The molecule has 9 aromatic carbocycles. The largest absolute Gasteiger partial charge is 0.311 e. The molecule has 9 aromatic rings. The first-order valence-electron chi connectivity index (χ1n) is 25.6. The molecule has 0 heterocycles. The Bertz CT molecular complexity index is 3070. The molecule has 0 aliphatic rings. The zero-order chi connectivity index (χ0) is 50.1. The molecule has 3 nitrogen and oxygen atoms in total. The third kappa shape index (κ3) is 11.1. The second kappa shape index (κ2) is 22.3. The summed E-state index contributed by atoms with van der Waals surface area (Å²) in [5, 5.41) is 0. The van der Waals surface area contributed by atoms with Gasteiger partial charge in [0.25, 0.3) is 0 Å². The molecule has 0 aliphatic carbocycles. The van der Waals surface area contributed by atoms with Crippen molar-refractivity contribution in [2.75, 3.05) is 14.7 Å². The van der Waals surface area contributed by atoms with Crippen LogP contribution in [0.3, 0.4) is 0 Å². The van der Waals surface area contributed by atoms with Gasteiger partial charge in [-0.25, -0.2) is 0 Å². The van der Waals surface area contributed by atoms with E-state index in [1.165, 1.54) is 50.3 Å². The summed E-state index contributed by atoms with van der Waals surface area (Å²) in [6.45, 7) is 17.7. The smallest absolute Gasteiger partial charge is 0.0522 e. The van der Waals surface area contributed by atoms with Crippen molar-refractivity contribution in [3.05, 3.63) is 267 Å². The van der Waals surface area contributed by atoms with E-state index in [0.717, 1.165) is 74.9 Å². The average molecular weight is 938 g/mol. The van der Waals surface area contributed by atoms with Crippen molar-refractivity contribution >= 4 is 75.5 Å². The van der Waals surface area contributed by atoms with E-state index >= 15 is 0 Å². The van der Waals surface area contributed by atoms with Gasteiger partial charge < -0.3 is 14.7 Å². The zero-order valence-electron chi connectivity index (χ0n) is 43.3. The minimum Gasteiger partial charge on any atom is -0.311 e. The molecule has 0 bridgehead atoms. The Balaban J connectivity index is 0.938. The van der Waals surface area contributed by atoms with E-state index in [0.29, 0.717) is 5.92 Å². The molecule has 0 saturated heterocycles. The topological polar surface area (TPSA) is 9.72 Å². The fourth-order valence-electron chi connectivity index (χ4n) is 9.63. The quantitative estimate of drug-likeness (QED) is 0.0894. The van der Waals surface area contributed by atoms with Gasteiger partial charge in [0, 0.05) is 39.8 Å². The maximum atomic E-state index is 2.40. The van der Waals surface area contributed by atoms with E-state index in [1.807, 2.05) is 0 Å². The van der Waals surface area contributed by atoms with Crippen LogP contribution in [-0.4, -0.2) is 0 Å². The van der Waals surface area contributed by atoms with Gasteiger partial charge in [-0.15, -0.1) is 0 Å². The molecule has 0 N–H and O–H groups in total. The summed E-state index contributed by atoms with van der Waals surface area (Å²) in [6, 6.07) is 75.5. The minimum atomic E-state index is 0.459. The maximum Gasteiger partial charge on any atom is 0.0522 e. The fraction of sp³-hybridized carbons (Fsp3) is 0.159. The molecule has 9 rings (SSSR count). The van der Waals surface area contributed by atoms with Crippen LogP contribution in [0, 0.1) is 27.7 Å². The van der Waals surface area contributed by atoms with E-state index in [2.05, 4.69) is 301 Å². The predicted octanol–water partition coefficient (Wildman–Crippen LogP) is 19.9. The Hall–Kier alpha value is -8.14. The van der Waals surface area contributed by atoms with Crippen molar-refractivity contribution in [3.63, 3.8) is 0 Å². The van der Waals surface area contributed by atoms with Crippen LogP contribution in [0.2, 0.25) is 0 Å². The van der Waals surface area contributed by atoms with Gasteiger partial charge in [0.1, 0.15) is 0 Å². The minimum absolute atomic E-state index is 0.459. The lowest BCUT2D eigenvalue weighted by Gasteiger charge is -2.29. The Kier molecular flexibility index (Phi) is 15.1. The highest BCUT2D eigenvalue weighted by Gasteiger charge is 2.20. The molecule has 0 saturated carbocycles. The van der Waals surface area contributed by atoms with Gasteiger partial charge in [0.2, 0.25) is 0 Å². The van der Waals surface area contributed by atoms with Crippen molar-refractivity contribution < 1.29 is 0 Å². The van der Waals surface area contributed by atoms with Crippen molar-refractivity contribution in [2.24, 2.45) is 0 Å². The van der Waals surface area contributed by atoms with Gasteiger partial charge in [0.15, 0.2) is 0 Å². The van der Waals surface area contributed by atoms with Gasteiger partial charge in [0.05, 0.1) is 11.4 Å². The van der Waals surface area contributed by atoms with E-state index in [4.69, 9.17) is 0 Å². The van der Waals surface area contributed by atoms with Crippen molar-refractivity contribution in [1.29, 1.82) is 0 Å². The highest BCUT2D eigenvalue weighted by Crippen LogP contribution is 2.42. The highest BCUT2D eigenvalue weighted by molar-refractivity contribution is 5.84. The van der Waals surface area contributed by atoms with E-state index in [1.54, 1.807) is 0 Å². The lowest BCUT2D eigenvalue weighted by molar-refractivity contribution is 0.866. The lowest BCUT2D eigenvalue weighted by Crippen LogP contribution is -2.13. The maximum absolute atomic E-state index is 2.40. The van der Waals surface area contributed by atoms with Gasteiger partial charge in [-0.2, -0.15) is 0 Å². The monoisotopic (exact) mass is 938 g/mol. The molecule has 0 fully saturated rings. The first-order chi connectivity index (χ1) is 35.1. The normalized spacial score (nSPS) is 11.5. The summed E-state index contributed by atoms with van der Waals surface area (Å²) in [4.78, 5) is 7.15. The summed E-state index contributed by atoms with van der Waals surface area (Å²) in [5.41, 5.74) is 24.1. The molecule has 358 valence electrons. The van der Waals surface area contributed by atoms with Crippen LogP contribution in [0.1, 0.15) is 94.8 Å². The van der Waals surface area contributed by atoms with Crippen LogP contribution in [0.15, 0.2) is 206 Å². The number of para-hydroxylation sites is 2. The summed E-state index contributed by atoms with van der Waals surface area (Å²) in [7, 11) is 0. The Labute approximate surface area is 429 Å². The van der Waals surface area contributed by atoms with Gasteiger partial charge in [-0.05, 0) is 181 Å². The second-order valence-corrected chi connectivity index (χ2v) is 19.3. The molecule has 72 heavy (non-hydrogen) atoms. The highest BCUT2D eigenvalue weighted by atomic mass is 15.2. The third-order valence-corrected chi connectivity index (χ3v) is 13.8. The molecule has 0 unspecified atom stereocenters. The van der Waals surface area contributed by atoms with Crippen LogP contribution in [0.5, 0.6) is 0 Å². The molecular formula is C69H67N3. The van der Waals surface area contributed by atoms with Gasteiger partial charge in [-0.1, -0.05) is 184 Å². The zero-order valence-corrected chi connectivity index (χ0v) is 43.3. The first-order valence-corrected chi connectivity index (χ1v) is 25.6. The number of nitrogens with zero attached hydrogens (tertiary/aromatic N) is 3. The van der Waals surface area contributed by atoms with Crippen LogP contribution in [0.4, 0.5) is 51.2 Å². The molecule has 0 spiro atoms. The van der Waals surface area contributed by atoms with E-state index < -0.39 is 0 Å². The Morgan fingerprint density at radius 3 is 0.861 bits per heavy atom. The van der Waals surface area contributed by atoms with Crippen molar-refractivity contribution in [3.8, 4) is 0 Å². The van der Waals surface area contributed by atoms with Gasteiger partial charge >= 0.3 is 0 Å². The number of aryl methyl sites for hydroxylation is 6. The molecule has 0 amide bonds. The van der Waals surface area contributed by atoms with Gasteiger partial charge in [-0.3, -0.25) is 0 Å². The summed E-state index contributed by atoms with van der Waals surface area (Å²) in [6.07, 6.45) is 10.7. The van der Waals surface area contributed by atoms with Crippen LogP contribution in [-0.2, 0) is 12.8 Å². The van der Waals surface area contributed by atoms with Crippen LogP contribution < -0.4 is 14.7 Å². The fourth-order valence-corrected chi connectivity index (χ4v) is 9.63. The molecule has 0 radical (unpaired) electrons. The number of hydrogen-bond donors (Lipinski definition) is 0. The molecular weight excluding hydrogens is 871 g/mol. The summed E-state index contributed by atoms with van der Waals surface area (Å²) < 4.78 is 0. The summed E-state index contributed by atoms with van der Waals surface area (Å²) >= 11 is 0. The number of hydrogen-bond acceptors (Lipinski definition) is 3. The Morgan fingerprint density at radius 1 is 0.319 bits per heavy atom. The van der Waals surface area contributed by atoms with Crippen LogP contribution in [0.25, 0.3) is 24.3 Å². The van der Waals surface area contributed by atoms with E-state index in [9.17, 15) is 0 Å². The van der Waals surface area contributed by atoms with Crippen molar-refractivity contribution in [1.82, 2.24) is 0 Å². The number of anilines is 9. The molecule has 0 aliphatic heterocycles.